The Kier molecular flexibility index (Phi) is 3.66. The number of carbonyl (C=O) groups excluding carboxylic acids is 1. The highest BCUT2D eigenvalue weighted by atomic mass is 16.5. The van der Waals surface area contributed by atoms with Crippen molar-refractivity contribution in [3.8, 4) is 22.6 Å². The van der Waals surface area contributed by atoms with Gasteiger partial charge < -0.3 is 15.2 Å². The molecule has 0 bridgehead atoms. The highest BCUT2D eigenvalue weighted by molar-refractivity contribution is 5.91. The van der Waals surface area contributed by atoms with Crippen LogP contribution in [0.25, 0.3) is 11.1 Å². The number of amides is 1. The Hall–Kier alpha value is -2.56. The van der Waals surface area contributed by atoms with E-state index in [-0.39, 0.29) is 11.7 Å². The van der Waals surface area contributed by atoms with Gasteiger partial charge in [0.1, 0.15) is 11.5 Å². The van der Waals surface area contributed by atoms with E-state index in [4.69, 9.17) is 4.74 Å². The Balaban J connectivity index is 2.41. The Bertz CT molecular complexity index is 611. The molecular weight excluding hydrogens is 244 g/mol. The summed E-state index contributed by atoms with van der Waals surface area (Å²) in [5.41, 5.74) is 2.22. The van der Waals surface area contributed by atoms with Crippen molar-refractivity contribution >= 4 is 11.6 Å². The zero-order chi connectivity index (χ0) is 13.8. The third kappa shape index (κ3) is 3.01. The zero-order valence-electron chi connectivity index (χ0n) is 10.7. The minimum absolute atomic E-state index is 0.0994. The standard InChI is InChI=1S/C14H14N2O3/c1-9(17)16-13-4-3-10(6-14(13)19-2)11-5-12(18)8-15-7-11/h3-8,18H,1-2H3,(H,16,17). The van der Waals surface area contributed by atoms with Gasteiger partial charge in [-0.15, -0.1) is 0 Å². The number of nitrogens with zero attached hydrogens (tertiary/aromatic N) is 1. The second-order valence-corrected chi connectivity index (χ2v) is 4.03. The zero-order valence-corrected chi connectivity index (χ0v) is 10.7. The van der Waals surface area contributed by atoms with Crippen LogP contribution in [0.4, 0.5) is 5.69 Å². The molecule has 1 amide bonds. The lowest BCUT2D eigenvalue weighted by Gasteiger charge is -2.11. The van der Waals surface area contributed by atoms with Gasteiger partial charge in [-0.2, -0.15) is 0 Å². The van der Waals surface area contributed by atoms with Crippen molar-refractivity contribution in [1.82, 2.24) is 4.98 Å². The quantitative estimate of drug-likeness (QED) is 0.886. The molecule has 0 unspecified atom stereocenters. The first-order valence-electron chi connectivity index (χ1n) is 5.70. The smallest absolute Gasteiger partial charge is 0.221 e. The average Bonchev–Trinajstić information content (AvgIpc) is 2.38. The van der Waals surface area contributed by atoms with Crippen LogP contribution in [0.15, 0.2) is 36.7 Å². The first-order chi connectivity index (χ1) is 9.10. The third-order valence-electron chi connectivity index (χ3n) is 2.57. The normalized spacial score (nSPS) is 10.0. The number of ether oxygens (including phenoxy) is 1. The molecule has 5 nitrogen and oxygen atoms in total. The summed E-state index contributed by atoms with van der Waals surface area (Å²) < 4.78 is 5.24. The van der Waals surface area contributed by atoms with Gasteiger partial charge in [-0.25, -0.2) is 0 Å². The predicted molar refractivity (Wildman–Crippen MR) is 72.2 cm³/mol. The van der Waals surface area contributed by atoms with Gasteiger partial charge in [0.05, 0.1) is 19.0 Å². The Morgan fingerprint density at radius 1 is 1.26 bits per heavy atom. The Morgan fingerprint density at radius 3 is 2.68 bits per heavy atom. The van der Waals surface area contributed by atoms with E-state index in [1.807, 2.05) is 6.07 Å². The molecular formula is C14H14N2O3. The van der Waals surface area contributed by atoms with E-state index in [1.54, 1.807) is 24.4 Å². The molecule has 0 saturated heterocycles. The molecule has 0 spiro atoms. The molecule has 19 heavy (non-hydrogen) atoms. The number of rotatable bonds is 3. The maximum atomic E-state index is 11.1. The second-order valence-electron chi connectivity index (χ2n) is 4.03. The highest BCUT2D eigenvalue weighted by Gasteiger charge is 2.07. The van der Waals surface area contributed by atoms with Gasteiger partial charge in [-0.3, -0.25) is 9.78 Å². The van der Waals surface area contributed by atoms with Gasteiger partial charge in [0, 0.05) is 18.7 Å². The minimum atomic E-state index is -0.162. The maximum absolute atomic E-state index is 11.1. The number of aromatic nitrogens is 1. The van der Waals surface area contributed by atoms with Crippen molar-refractivity contribution in [2.45, 2.75) is 6.92 Å². The van der Waals surface area contributed by atoms with Crippen LogP contribution >= 0.6 is 0 Å². The summed E-state index contributed by atoms with van der Waals surface area (Å²) in [6, 6.07) is 6.96. The fourth-order valence-corrected chi connectivity index (χ4v) is 1.75. The van der Waals surface area contributed by atoms with Crippen LogP contribution in [0.2, 0.25) is 0 Å². The van der Waals surface area contributed by atoms with Crippen LogP contribution < -0.4 is 10.1 Å². The van der Waals surface area contributed by atoms with Crippen LogP contribution in [-0.4, -0.2) is 23.1 Å². The van der Waals surface area contributed by atoms with Crippen molar-refractivity contribution in [3.63, 3.8) is 0 Å². The lowest BCUT2D eigenvalue weighted by atomic mass is 10.1. The summed E-state index contributed by atoms with van der Waals surface area (Å²) in [6.07, 6.45) is 3.01. The lowest BCUT2D eigenvalue weighted by molar-refractivity contribution is -0.114. The summed E-state index contributed by atoms with van der Waals surface area (Å²) in [5.74, 6) is 0.489. The fourth-order valence-electron chi connectivity index (χ4n) is 1.75. The number of nitrogens with one attached hydrogen (secondary N) is 1. The molecule has 2 aromatic rings. The van der Waals surface area contributed by atoms with Gasteiger partial charge in [-0.1, -0.05) is 6.07 Å². The van der Waals surface area contributed by atoms with E-state index in [0.717, 1.165) is 11.1 Å². The van der Waals surface area contributed by atoms with Crippen LogP contribution in [-0.2, 0) is 4.79 Å². The van der Waals surface area contributed by atoms with E-state index >= 15 is 0 Å². The van der Waals surface area contributed by atoms with Gasteiger partial charge in [0.25, 0.3) is 0 Å². The summed E-state index contributed by atoms with van der Waals surface area (Å²) in [7, 11) is 1.53. The van der Waals surface area contributed by atoms with E-state index in [2.05, 4.69) is 10.3 Å². The summed E-state index contributed by atoms with van der Waals surface area (Å²) in [6.45, 7) is 1.44. The topological polar surface area (TPSA) is 71.5 Å². The number of carbonyl (C=O) groups is 1. The third-order valence-corrected chi connectivity index (χ3v) is 2.57. The van der Waals surface area contributed by atoms with Crippen molar-refractivity contribution in [3.05, 3.63) is 36.7 Å². The van der Waals surface area contributed by atoms with Crippen LogP contribution in [0.1, 0.15) is 6.92 Å². The molecule has 0 saturated carbocycles. The van der Waals surface area contributed by atoms with Crippen molar-refractivity contribution in [2.75, 3.05) is 12.4 Å². The minimum Gasteiger partial charge on any atom is -0.506 e. The molecule has 5 heteroatoms. The fraction of sp³-hybridized carbons (Fsp3) is 0.143. The molecule has 0 aliphatic rings. The second kappa shape index (κ2) is 5.39. The molecule has 98 valence electrons. The first kappa shape index (κ1) is 12.9. The van der Waals surface area contributed by atoms with Crippen molar-refractivity contribution < 1.29 is 14.6 Å². The van der Waals surface area contributed by atoms with Gasteiger partial charge in [-0.05, 0) is 23.8 Å². The van der Waals surface area contributed by atoms with E-state index < -0.39 is 0 Å². The molecule has 1 aromatic carbocycles. The van der Waals surface area contributed by atoms with Crippen LogP contribution in [0.5, 0.6) is 11.5 Å². The molecule has 2 N–H and O–H groups in total. The Morgan fingerprint density at radius 2 is 2.05 bits per heavy atom. The maximum Gasteiger partial charge on any atom is 0.221 e. The summed E-state index contributed by atoms with van der Waals surface area (Å²) in [4.78, 5) is 15.0. The number of pyridine rings is 1. The Labute approximate surface area is 110 Å². The van der Waals surface area contributed by atoms with Crippen LogP contribution in [0.3, 0.4) is 0 Å². The number of benzene rings is 1. The molecule has 0 fully saturated rings. The van der Waals surface area contributed by atoms with Gasteiger partial charge in [0.2, 0.25) is 5.91 Å². The average molecular weight is 258 g/mol. The number of hydrogen-bond acceptors (Lipinski definition) is 4. The summed E-state index contributed by atoms with van der Waals surface area (Å²) >= 11 is 0. The van der Waals surface area contributed by atoms with E-state index in [9.17, 15) is 9.90 Å². The molecule has 1 aromatic heterocycles. The number of aromatic hydroxyl groups is 1. The number of anilines is 1. The van der Waals surface area contributed by atoms with Gasteiger partial charge >= 0.3 is 0 Å². The highest BCUT2D eigenvalue weighted by Crippen LogP contribution is 2.31. The monoisotopic (exact) mass is 258 g/mol. The van der Waals surface area contributed by atoms with Crippen molar-refractivity contribution in [2.24, 2.45) is 0 Å². The molecule has 0 aliphatic carbocycles. The molecule has 0 aliphatic heterocycles. The molecule has 0 radical (unpaired) electrons. The van der Waals surface area contributed by atoms with E-state index in [1.165, 1.54) is 20.2 Å². The van der Waals surface area contributed by atoms with Gasteiger partial charge in [0.15, 0.2) is 0 Å². The number of methoxy groups -OCH3 is 1. The van der Waals surface area contributed by atoms with Crippen molar-refractivity contribution in [1.29, 1.82) is 0 Å². The number of hydrogen-bond donors (Lipinski definition) is 2. The van der Waals surface area contributed by atoms with E-state index in [0.29, 0.717) is 11.4 Å². The lowest BCUT2D eigenvalue weighted by Crippen LogP contribution is -2.07. The summed E-state index contributed by atoms with van der Waals surface area (Å²) in [5, 5.41) is 12.1. The predicted octanol–water partition coefficient (Wildman–Crippen LogP) is 2.42. The molecule has 0 atom stereocenters. The molecule has 2 rings (SSSR count). The largest absolute Gasteiger partial charge is 0.506 e. The molecule has 1 heterocycles. The van der Waals surface area contributed by atoms with Crippen LogP contribution in [0, 0.1) is 0 Å². The SMILES string of the molecule is COc1cc(-c2cncc(O)c2)ccc1NC(C)=O. The first-order valence-corrected chi connectivity index (χ1v) is 5.70.